The van der Waals surface area contributed by atoms with Crippen LogP contribution in [0.3, 0.4) is 0 Å². The molecule has 0 saturated heterocycles. The van der Waals surface area contributed by atoms with Gasteiger partial charge in [0.1, 0.15) is 11.8 Å². The number of methoxy groups -OCH3 is 1. The highest BCUT2D eigenvalue weighted by Crippen LogP contribution is 2.34. The molecule has 0 aliphatic heterocycles. The van der Waals surface area contributed by atoms with E-state index in [1.165, 1.54) is 13.2 Å². The standard InChI is InChI=1S/C26H34ClN5O3/c1-6-32(20-9-7-19(8-10-20)31(3)4)23-12-17(27)11-21(16(23)2)25(34)29-15-22-24(33)13-18(14-28)30-26(22)35-5/h11-13,19-20H,6-10,15H2,1-5H3,(H,29,34)(H,30,33). The number of nitrogens with zero attached hydrogens (tertiary/aromatic N) is 3. The van der Waals surface area contributed by atoms with Crippen molar-refractivity contribution in [1.82, 2.24) is 15.2 Å². The van der Waals surface area contributed by atoms with Gasteiger partial charge >= 0.3 is 0 Å². The first-order valence-corrected chi connectivity index (χ1v) is 12.3. The summed E-state index contributed by atoms with van der Waals surface area (Å²) in [5.41, 5.74) is 2.24. The van der Waals surface area contributed by atoms with E-state index in [1.54, 1.807) is 6.07 Å². The van der Waals surface area contributed by atoms with Crippen LogP contribution in [0.15, 0.2) is 23.0 Å². The number of rotatable bonds is 8. The Bertz CT molecular complexity index is 1160. The van der Waals surface area contributed by atoms with Crippen molar-refractivity contribution in [3.63, 3.8) is 0 Å². The Morgan fingerprint density at radius 1 is 1.23 bits per heavy atom. The van der Waals surface area contributed by atoms with Crippen LogP contribution in [0.5, 0.6) is 5.88 Å². The van der Waals surface area contributed by atoms with E-state index in [4.69, 9.17) is 21.6 Å². The Morgan fingerprint density at radius 2 is 1.89 bits per heavy atom. The molecule has 0 bridgehead atoms. The first-order chi connectivity index (χ1) is 16.7. The minimum atomic E-state index is -0.383. The monoisotopic (exact) mass is 499 g/mol. The second-order valence-electron chi connectivity index (χ2n) is 9.16. The highest BCUT2D eigenvalue weighted by molar-refractivity contribution is 6.31. The molecule has 1 aliphatic carbocycles. The van der Waals surface area contributed by atoms with Crippen molar-refractivity contribution in [2.45, 2.75) is 58.2 Å². The number of nitrogens with one attached hydrogen (secondary N) is 2. The molecule has 0 spiro atoms. The lowest BCUT2D eigenvalue weighted by Gasteiger charge is -2.40. The molecule has 0 radical (unpaired) electrons. The number of amides is 1. The fraction of sp³-hybridized carbons (Fsp3) is 0.500. The molecule has 1 fully saturated rings. The molecule has 1 aromatic heterocycles. The summed E-state index contributed by atoms with van der Waals surface area (Å²) in [5.74, 6) is -0.173. The number of aromatic nitrogens is 1. The lowest BCUT2D eigenvalue weighted by atomic mass is 9.89. The van der Waals surface area contributed by atoms with Crippen LogP contribution in [0, 0.1) is 18.3 Å². The molecule has 2 N–H and O–H groups in total. The Labute approximate surface area is 211 Å². The summed E-state index contributed by atoms with van der Waals surface area (Å²) in [5, 5.41) is 12.4. The molecule has 1 amide bonds. The number of nitriles is 1. The van der Waals surface area contributed by atoms with Crippen molar-refractivity contribution in [1.29, 1.82) is 5.26 Å². The summed E-state index contributed by atoms with van der Waals surface area (Å²) >= 11 is 6.48. The zero-order valence-electron chi connectivity index (χ0n) is 21.1. The average Bonchev–Trinajstić information content (AvgIpc) is 2.85. The maximum Gasteiger partial charge on any atom is 0.251 e. The van der Waals surface area contributed by atoms with Gasteiger partial charge in [-0.25, -0.2) is 0 Å². The molecule has 3 rings (SSSR count). The number of hydrogen-bond acceptors (Lipinski definition) is 6. The second kappa shape index (κ2) is 11.6. The van der Waals surface area contributed by atoms with Crippen molar-refractivity contribution in [2.75, 3.05) is 32.6 Å². The number of carbonyl (C=O) groups is 1. The van der Waals surface area contributed by atoms with Crippen LogP contribution in [0.25, 0.3) is 0 Å². The zero-order valence-corrected chi connectivity index (χ0v) is 21.8. The molecule has 1 aromatic carbocycles. The van der Waals surface area contributed by atoms with Crippen LogP contribution in [0.4, 0.5) is 5.69 Å². The Morgan fingerprint density at radius 3 is 2.46 bits per heavy atom. The fourth-order valence-electron chi connectivity index (χ4n) is 4.94. The third-order valence-corrected chi connectivity index (χ3v) is 7.14. The molecule has 35 heavy (non-hydrogen) atoms. The first kappa shape index (κ1) is 26.6. The lowest BCUT2D eigenvalue weighted by molar-refractivity contribution is 0.0950. The van der Waals surface area contributed by atoms with Gasteiger partial charge in [-0.05, 0) is 71.3 Å². The van der Waals surface area contributed by atoms with Crippen LogP contribution in [0.1, 0.15) is 59.8 Å². The van der Waals surface area contributed by atoms with E-state index in [1.807, 2.05) is 19.1 Å². The van der Waals surface area contributed by atoms with Crippen molar-refractivity contribution < 1.29 is 9.53 Å². The maximum absolute atomic E-state index is 13.2. The molecule has 0 atom stereocenters. The van der Waals surface area contributed by atoms with Crippen LogP contribution in [-0.2, 0) is 6.54 Å². The molecular weight excluding hydrogens is 466 g/mol. The molecule has 9 heteroatoms. The van der Waals surface area contributed by atoms with Gasteiger partial charge in [0.25, 0.3) is 5.91 Å². The minimum Gasteiger partial charge on any atom is -0.482 e. The maximum atomic E-state index is 13.2. The van der Waals surface area contributed by atoms with E-state index in [0.717, 1.165) is 43.5 Å². The van der Waals surface area contributed by atoms with Crippen molar-refractivity contribution in [3.8, 4) is 11.9 Å². The van der Waals surface area contributed by atoms with Gasteiger partial charge in [0.05, 0.1) is 19.2 Å². The smallest absolute Gasteiger partial charge is 0.251 e. The molecule has 2 aromatic rings. The number of ether oxygens (including phenoxy) is 1. The zero-order chi connectivity index (χ0) is 25.7. The van der Waals surface area contributed by atoms with Gasteiger partial charge in [-0.3, -0.25) is 9.59 Å². The van der Waals surface area contributed by atoms with Crippen molar-refractivity contribution >= 4 is 23.2 Å². The molecule has 1 aliphatic rings. The highest BCUT2D eigenvalue weighted by Gasteiger charge is 2.28. The number of benzene rings is 1. The van der Waals surface area contributed by atoms with Crippen LogP contribution >= 0.6 is 11.6 Å². The van der Waals surface area contributed by atoms with Gasteiger partial charge in [0.15, 0.2) is 5.43 Å². The number of aromatic amines is 1. The molecule has 8 nitrogen and oxygen atoms in total. The summed E-state index contributed by atoms with van der Waals surface area (Å²) in [7, 11) is 5.67. The number of anilines is 1. The Hall–Kier alpha value is -3.02. The Balaban J connectivity index is 1.83. The highest BCUT2D eigenvalue weighted by atomic mass is 35.5. The first-order valence-electron chi connectivity index (χ1n) is 11.9. The van der Waals surface area contributed by atoms with Crippen LogP contribution in [0.2, 0.25) is 5.02 Å². The number of H-pyrrole nitrogens is 1. The topological polar surface area (TPSA) is 101 Å². The summed E-state index contributed by atoms with van der Waals surface area (Å²) in [4.78, 5) is 33.0. The lowest BCUT2D eigenvalue weighted by Crippen LogP contribution is -2.42. The second-order valence-corrected chi connectivity index (χ2v) is 9.60. The molecule has 1 heterocycles. The predicted octanol–water partition coefficient (Wildman–Crippen LogP) is 3.85. The average molecular weight is 500 g/mol. The minimum absolute atomic E-state index is 0.0453. The SMILES string of the molecule is CCN(c1cc(Cl)cc(C(=O)NCc2c(OC)[nH]c(C#N)cc2=O)c1C)C1CCC(N(C)C)CC1. The number of hydrogen-bond donors (Lipinski definition) is 2. The van der Waals surface area contributed by atoms with Crippen molar-refractivity contribution in [2.24, 2.45) is 0 Å². The predicted molar refractivity (Wildman–Crippen MR) is 138 cm³/mol. The number of pyridine rings is 1. The Kier molecular flexibility index (Phi) is 8.82. The molecule has 188 valence electrons. The van der Waals surface area contributed by atoms with E-state index >= 15 is 0 Å². The molecule has 1 saturated carbocycles. The molecule has 0 unspecified atom stereocenters. The van der Waals surface area contributed by atoms with Gasteiger partial charge in [0.2, 0.25) is 5.88 Å². The van der Waals surface area contributed by atoms with E-state index in [0.29, 0.717) is 22.7 Å². The van der Waals surface area contributed by atoms with E-state index in [2.05, 4.69) is 41.1 Å². The summed E-state index contributed by atoms with van der Waals surface area (Å²) in [6, 6.07) is 7.67. The summed E-state index contributed by atoms with van der Waals surface area (Å²) in [6.45, 7) is 4.83. The van der Waals surface area contributed by atoms with Gasteiger partial charge in [-0.1, -0.05) is 11.6 Å². The van der Waals surface area contributed by atoms with Crippen LogP contribution < -0.4 is 20.4 Å². The largest absolute Gasteiger partial charge is 0.482 e. The van der Waals surface area contributed by atoms with Crippen LogP contribution in [-0.4, -0.2) is 55.6 Å². The normalized spacial score (nSPS) is 17.7. The fourth-order valence-corrected chi connectivity index (χ4v) is 5.15. The number of halogens is 1. The summed E-state index contributed by atoms with van der Waals surface area (Å²) in [6.07, 6.45) is 4.46. The van der Waals surface area contributed by atoms with Crippen molar-refractivity contribution in [3.05, 3.63) is 55.8 Å². The quantitative estimate of drug-likeness (QED) is 0.572. The summed E-state index contributed by atoms with van der Waals surface area (Å²) < 4.78 is 5.22. The number of carbonyl (C=O) groups excluding carboxylic acids is 1. The van der Waals surface area contributed by atoms with Gasteiger partial charge in [-0.15, -0.1) is 0 Å². The third-order valence-electron chi connectivity index (χ3n) is 6.92. The van der Waals surface area contributed by atoms with Gasteiger partial charge < -0.3 is 24.8 Å². The third kappa shape index (κ3) is 5.98. The van der Waals surface area contributed by atoms with Gasteiger partial charge in [-0.2, -0.15) is 5.26 Å². The van der Waals surface area contributed by atoms with Gasteiger partial charge in [0, 0.05) is 41.0 Å². The van der Waals surface area contributed by atoms with E-state index < -0.39 is 0 Å². The van der Waals surface area contributed by atoms with E-state index in [9.17, 15) is 9.59 Å². The van der Waals surface area contributed by atoms with E-state index in [-0.39, 0.29) is 35.0 Å². The molecular formula is C26H34ClN5O3.